The van der Waals surface area contributed by atoms with Gasteiger partial charge in [0, 0.05) is 6.92 Å². The molecule has 3 heteroatoms. The molecule has 0 unspecified atom stereocenters. The highest BCUT2D eigenvalue weighted by molar-refractivity contribution is 5.62. The Hall–Kier alpha value is -0.830. The van der Waals surface area contributed by atoms with E-state index in [1.165, 1.54) is 19.3 Å². The van der Waals surface area contributed by atoms with E-state index in [0.29, 0.717) is 0 Å². The summed E-state index contributed by atoms with van der Waals surface area (Å²) in [5.41, 5.74) is 0. The molecule has 0 heterocycles. The second kappa shape index (κ2) is 13.7. The minimum Gasteiger partial charge on any atom is -0.481 e. The normalized spacial score (nSPS) is 9.46. The molecule has 2 N–H and O–H groups in total. The van der Waals surface area contributed by atoms with Gasteiger partial charge >= 0.3 is 0 Å². The average Bonchev–Trinajstić information content (AvgIpc) is 2.03. The molecule has 0 atom stereocenters. The van der Waals surface area contributed by atoms with Gasteiger partial charge in [-0.05, 0) is 12.8 Å². The SMILES string of the molecule is CC(=O)O.CCCCCC=CCO. The van der Waals surface area contributed by atoms with Crippen molar-refractivity contribution in [1.29, 1.82) is 0 Å². The van der Waals surface area contributed by atoms with E-state index >= 15 is 0 Å². The van der Waals surface area contributed by atoms with Crippen molar-refractivity contribution in [1.82, 2.24) is 0 Å². The molecule has 0 aromatic heterocycles. The molecule has 0 amide bonds. The first-order valence-corrected chi connectivity index (χ1v) is 4.60. The van der Waals surface area contributed by atoms with Crippen LogP contribution in [-0.2, 0) is 4.79 Å². The van der Waals surface area contributed by atoms with Gasteiger partial charge in [0.2, 0.25) is 0 Å². The number of allylic oxidation sites excluding steroid dienone is 1. The number of hydrogen-bond donors (Lipinski definition) is 2. The van der Waals surface area contributed by atoms with Crippen LogP contribution in [0.15, 0.2) is 12.2 Å². The lowest BCUT2D eigenvalue weighted by Gasteiger charge is -1.89. The van der Waals surface area contributed by atoms with Gasteiger partial charge in [-0.3, -0.25) is 4.79 Å². The van der Waals surface area contributed by atoms with Crippen LogP contribution in [0, 0.1) is 0 Å². The monoisotopic (exact) mass is 188 g/mol. The fraction of sp³-hybridized carbons (Fsp3) is 0.700. The van der Waals surface area contributed by atoms with Gasteiger partial charge in [-0.1, -0.05) is 31.9 Å². The van der Waals surface area contributed by atoms with Gasteiger partial charge in [0.05, 0.1) is 6.61 Å². The lowest BCUT2D eigenvalue weighted by molar-refractivity contribution is -0.134. The number of aliphatic hydroxyl groups excluding tert-OH is 1. The van der Waals surface area contributed by atoms with E-state index in [1.54, 1.807) is 6.08 Å². The Labute approximate surface area is 80.1 Å². The van der Waals surface area contributed by atoms with Crippen LogP contribution in [0.2, 0.25) is 0 Å². The van der Waals surface area contributed by atoms with E-state index in [-0.39, 0.29) is 6.61 Å². The summed E-state index contributed by atoms with van der Waals surface area (Å²) in [7, 11) is 0. The maximum atomic E-state index is 9.00. The van der Waals surface area contributed by atoms with Gasteiger partial charge in [0.25, 0.3) is 5.97 Å². The fourth-order valence-corrected chi connectivity index (χ4v) is 0.705. The largest absolute Gasteiger partial charge is 0.481 e. The van der Waals surface area contributed by atoms with E-state index in [0.717, 1.165) is 13.3 Å². The van der Waals surface area contributed by atoms with Crippen molar-refractivity contribution in [3.8, 4) is 0 Å². The Balaban J connectivity index is 0. The van der Waals surface area contributed by atoms with Crippen molar-refractivity contribution in [2.45, 2.75) is 39.5 Å². The molecule has 0 fully saturated rings. The molecule has 0 aromatic carbocycles. The summed E-state index contributed by atoms with van der Waals surface area (Å²) in [5, 5.41) is 15.8. The van der Waals surface area contributed by atoms with Gasteiger partial charge < -0.3 is 10.2 Å². The molecule has 0 rings (SSSR count). The van der Waals surface area contributed by atoms with E-state index in [4.69, 9.17) is 15.0 Å². The van der Waals surface area contributed by atoms with Crippen LogP contribution in [0.25, 0.3) is 0 Å². The molecule has 0 aromatic rings. The molecule has 0 bridgehead atoms. The zero-order valence-corrected chi connectivity index (χ0v) is 8.49. The van der Waals surface area contributed by atoms with Gasteiger partial charge in [0.15, 0.2) is 0 Å². The molecule has 0 saturated heterocycles. The summed E-state index contributed by atoms with van der Waals surface area (Å²) < 4.78 is 0. The molecular weight excluding hydrogens is 168 g/mol. The topological polar surface area (TPSA) is 57.5 Å². The van der Waals surface area contributed by atoms with Crippen molar-refractivity contribution in [2.75, 3.05) is 6.61 Å². The molecule has 13 heavy (non-hydrogen) atoms. The number of aliphatic hydroxyl groups is 1. The highest BCUT2D eigenvalue weighted by Gasteiger charge is 1.79. The third-order valence-electron chi connectivity index (χ3n) is 1.25. The number of carboxylic acids is 1. The molecule has 78 valence electrons. The van der Waals surface area contributed by atoms with Crippen molar-refractivity contribution >= 4 is 5.97 Å². The minimum absolute atomic E-state index is 0.187. The van der Waals surface area contributed by atoms with Crippen LogP contribution < -0.4 is 0 Å². The zero-order chi connectivity index (χ0) is 10.5. The van der Waals surface area contributed by atoms with E-state index in [1.807, 2.05) is 6.08 Å². The van der Waals surface area contributed by atoms with Crippen LogP contribution in [0.3, 0.4) is 0 Å². The predicted octanol–water partition coefficient (Wildman–Crippen LogP) is 2.21. The number of hydrogen-bond acceptors (Lipinski definition) is 2. The summed E-state index contributed by atoms with van der Waals surface area (Å²) in [5.74, 6) is -0.833. The lowest BCUT2D eigenvalue weighted by atomic mass is 10.2. The van der Waals surface area contributed by atoms with Gasteiger partial charge in [-0.2, -0.15) is 0 Å². The first-order valence-electron chi connectivity index (χ1n) is 4.60. The molecule has 0 radical (unpaired) electrons. The number of aliphatic carboxylic acids is 1. The minimum atomic E-state index is -0.833. The summed E-state index contributed by atoms with van der Waals surface area (Å²) in [4.78, 5) is 9.00. The first-order chi connectivity index (χ1) is 6.15. The van der Waals surface area contributed by atoms with Crippen LogP contribution in [0.4, 0.5) is 0 Å². The second-order valence-electron chi connectivity index (χ2n) is 2.67. The molecule has 0 aliphatic carbocycles. The predicted molar refractivity (Wildman–Crippen MR) is 53.7 cm³/mol. The van der Waals surface area contributed by atoms with Crippen molar-refractivity contribution in [3.05, 3.63) is 12.2 Å². The van der Waals surface area contributed by atoms with Crippen LogP contribution >= 0.6 is 0 Å². The van der Waals surface area contributed by atoms with E-state index < -0.39 is 5.97 Å². The Morgan fingerprint density at radius 2 is 1.85 bits per heavy atom. The van der Waals surface area contributed by atoms with Crippen LogP contribution in [0.1, 0.15) is 39.5 Å². The standard InChI is InChI=1S/C8H16O.C2H4O2/c1-2-3-4-5-6-7-8-9;1-2(3)4/h6-7,9H,2-5,8H2,1H3;1H3,(H,3,4). The molecule has 0 aliphatic rings. The highest BCUT2D eigenvalue weighted by Crippen LogP contribution is 1.98. The Kier molecular flexibility index (Phi) is 15.5. The molecule has 0 aliphatic heterocycles. The fourth-order valence-electron chi connectivity index (χ4n) is 0.705. The van der Waals surface area contributed by atoms with Gasteiger partial charge in [0.1, 0.15) is 0 Å². The first kappa shape index (κ1) is 14.7. The summed E-state index contributed by atoms with van der Waals surface area (Å²) in [6, 6.07) is 0. The number of unbranched alkanes of at least 4 members (excludes halogenated alkanes) is 3. The molecule has 3 nitrogen and oxygen atoms in total. The van der Waals surface area contributed by atoms with E-state index in [2.05, 4.69) is 6.92 Å². The summed E-state index contributed by atoms with van der Waals surface area (Å²) in [6.07, 6.45) is 8.79. The third kappa shape index (κ3) is 35.1. The van der Waals surface area contributed by atoms with Crippen molar-refractivity contribution in [3.63, 3.8) is 0 Å². The van der Waals surface area contributed by atoms with Gasteiger partial charge in [-0.25, -0.2) is 0 Å². The molecular formula is C10H20O3. The second-order valence-corrected chi connectivity index (χ2v) is 2.67. The van der Waals surface area contributed by atoms with Crippen molar-refractivity contribution < 1.29 is 15.0 Å². The van der Waals surface area contributed by atoms with E-state index in [9.17, 15) is 0 Å². The maximum absolute atomic E-state index is 9.00. The average molecular weight is 188 g/mol. The maximum Gasteiger partial charge on any atom is 0.300 e. The Morgan fingerprint density at radius 1 is 1.31 bits per heavy atom. The number of carbonyl (C=O) groups is 1. The Bertz CT molecular complexity index is 126. The zero-order valence-electron chi connectivity index (χ0n) is 8.49. The number of carboxylic acid groups (broad SMARTS) is 1. The lowest BCUT2D eigenvalue weighted by Crippen LogP contribution is -1.78. The Morgan fingerprint density at radius 3 is 2.23 bits per heavy atom. The third-order valence-corrected chi connectivity index (χ3v) is 1.25. The number of rotatable bonds is 5. The molecule has 0 spiro atoms. The molecule has 0 saturated carbocycles. The quantitative estimate of drug-likeness (QED) is 0.513. The highest BCUT2D eigenvalue weighted by atomic mass is 16.4. The van der Waals surface area contributed by atoms with Crippen molar-refractivity contribution in [2.24, 2.45) is 0 Å². The van der Waals surface area contributed by atoms with Gasteiger partial charge in [-0.15, -0.1) is 0 Å². The van der Waals surface area contributed by atoms with Crippen LogP contribution in [0.5, 0.6) is 0 Å². The smallest absolute Gasteiger partial charge is 0.300 e. The van der Waals surface area contributed by atoms with Crippen LogP contribution in [-0.4, -0.2) is 22.8 Å². The summed E-state index contributed by atoms with van der Waals surface area (Å²) in [6.45, 7) is 3.46. The summed E-state index contributed by atoms with van der Waals surface area (Å²) >= 11 is 0.